The van der Waals surface area contributed by atoms with Crippen molar-refractivity contribution in [3.8, 4) is 0 Å². The predicted octanol–water partition coefficient (Wildman–Crippen LogP) is 4.20. The summed E-state index contributed by atoms with van der Waals surface area (Å²) in [5.74, 6) is -2.58. The van der Waals surface area contributed by atoms with Crippen LogP contribution in [0.4, 0.5) is 0 Å². The molecule has 0 aromatic rings. The van der Waals surface area contributed by atoms with Crippen LogP contribution in [0.15, 0.2) is 0 Å². The monoisotopic (exact) mass is 430 g/mol. The minimum Gasteiger partial charge on any atom is -0.481 e. The number of carbonyl (C=O) groups excluding carboxylic acids is 2. The third-order valence-corrected chi connectivity index (χ3v) is 6.12. The van der Waals surface area contributed by atoms with Gasteiger partial charge in [-0.3, -0.25) is 19.2 Å². The molecule has 0 radical (unpaired) electrons. The van der Waals surface area contributed by atoms with Gasteiger partial charge >= 0.3 is 23.9 Å². The Morgan fingerprint density at radius 3 is 1.17 bits per heavy atom. The molecule has 8 nitrogen and oxygen atoms in total. The Hall–Kier alpha value is -2.12. The number of methoxy groups -OCH3 is 2. The molecule has 0 fully saturated rings. The fourth-order valence-electron chi connectivity index (χ4n) is 3.87. The molecule has 8 heteroatoms. The van der Waals surface area contributed by atoms with Crippen molar-refractivity contribution in [2.24, 2.45) is 10.8 Å². The predicted molar refractivity (Wildman–Crippen MR) is 111 cm³/mol. The fraction of sp³-hybridized carbons (Fsp3) is 0.818. The van der Waals surface area contributed by atoms with Crippen LogP contribution in [0.5, 0.6) is 0 Å². The Kier molecular flexibility index (Phi) is 13.0. The molecule has 0 spiro atoms. The van der Waals surface area contributed by atoms with Gasteiger partial charge in [-0.2, -0.15) is 0 Å². The largest absolute Gasteiger partial charge is 0.481 e. The van der Waals surface area contributed by atoms with Gasteiger partial charge in [0.15, 0.2) is 0 Å². The highest BCUT2D eigenvalue weighted by Crippen LogP contribution is 2.48. The van der Waals surface area contributed by atoms with E-state index in [0.29, 0.717) is 38.5 Å². The van der Waals surface area contributed by atoms with E-state index in [-0.39, 0.29) is 12.8 Å². The number of esters is 2. The zero-order chi connectivity index (χ0) is 23.2. The molecule has 0 bridgehead atoms. The summed E-state index contributed by atoms with van der Waals surface area (Å²) in [6.45, 7) is 3.47. The first-order chi connectivity index (χ1) is 14.0. The Morgan fingerprint density at radius 2 is 0.900 bits per heavy atom. The summed E-state index contributed by atoms with van der Waals surface area (Å²) in [6.07, 6.45) is 6.57. The average Bonchev–Trinajstić information content (AvgIpc) is 2.70. The van der Waals surface area contributed by atoms with Crippen molar-refractivity contribution in [1.82, 2.24) is 0 Å². The Morgan fingerprint density at radius 1 is 0.600 bits per heavy atom. The number of hydrogen-bond donors (Lipinski definition) is 2. The van der Waals surface area contributed by atoms with Gasteiger partial charge in [0.05, 0.1) is 25.0 Å². The molecule has 0 heterocycles. The van der Waals surface area contributed by atoms with E-state index in [9.17, 15) is 19.2 Å². The summed E-state index contributed by atoms with van der Waals surface area (Å²) < 4.78 is 10.1. The SMILES string of the molecule is COC(=O)C(C)(CCCCCCC(=O)O)C(C)(CCCCCCC(=O)O)C(=O)OC. The normalized spacial score (nSPS) is 14.9. The number of carboxylic acids is 2. The quantitative estimate of drug-likeness (QED) is 0.260. The van der Waals surface area contributed by atoms with Crippen LogP contribution in [-0.2, 0) is 28.7 Å². The summed E-state index contributed by atoms with van der Waals surface area (Å²) >= 11 is 0. The summed E-state index contributed by atoms with van der Waals surface area (Å²) in [5, 5.41) is 17.4. The lowest BCUT2D eigenvalue weighted by Crippen LogP contribution is -2.50. The summed E-state index contributed by atoms with van der Waals surface area (Å²) in [7, 11) is 2.61. The lowest BCUT2D eigenvalue weighted by Gasteiger charge is -2.42. The fourth-order valence-corrected chi connectivity index (χ4v) is 3.87. The summed E-state index contributed by atoms with van der Waals surface area (Å²) in [4.78, 5) is 46.7. The molecule has 2 atom stereocenters. The van der Waals surface area contributed by atoms with E-state index in [4.69, 9.17) is 19.7 Å². The van der Waals surface area contributed by atoms with Crippen molar-refractivity contribution >= 4 is 23.9 Å². The number of hydrogen-bond acceptors (Lipinski definition) is 6. The zero-order valence-electron chi connectivity index (χ0n) is 18.8. The third-order valence-electron chi connectivity index (χ3n) is 6.12. The van der Waals surface area contributed by atoms with E-state index in [1.54, 1.807) is 13.8 Å². The van der Waals surface area contributed by atoms with Crippen LogP contribution in [-0.4, -0.2) is 48.3 Å². The van der Waals surface area contributed by atoms with Gasteiger partial charge < -0.3 is 19.7 Å². The average molecular weight is 431 g/mol. The van der Waals surface area contributed by atoms with Gasteiger partial charge in [0.2, 0.25) is 0 Å². The standard InChI is InChI=1S/C22H38O8/c1-21(19(27)29-3,15-11-7-5-9-13-17(23)24)22(2,20(28)30-4)16-12-8-6-10-14-18(25)26/h5-16H2,1-4H3,(H,23,24)(H,25,26). The van der Waals surface area contributed by atoms with Crippen LogP contribution < -0.4 is 0 Å². The molecule has 0 amide bonds. The van der Waals surface area contributed by atoms with Crippen LogP contribution in [0, 0.1) is 10.8 Å². The number of carbonyl (C=O) groups is 4. The second-order valence-electron chi connectivity index (χ2n) is 8.26. The highest BCUT2D eigenvalue weighted by atomic mass is 16.5. The first kappa shape index (κ1) is 27.9. The Labute approximate surface area is 179 Å². The minimum atomic E-state index is -1.08. The zero-order valence-corrected chi connectivity index (χ0v) is 18.8. The maximum Gasteiger partial charge on any atom is 0.312 e. The first-order valence-electron chi connectivity index (χ1n) is 10.7. The maximum absolute atomic E-state index is 12.7. The molecule has 2 N–H and O–H groups in total. The molecule has 0 aliphatic rings. The Bertz CT molecular complexity index is 523. The molecule has 2 unspecified atom stereocenters. The van der Waals surface area contributed by atoms with E-state index in [1.165, 1.54) is 14.2 Å². The van der Waals surface area contributed by atoms with Gasteiger partial charge in [-0.1, -0.05) is 38.5 Å². The van der Waals surface area contributed by atoms with Gasteiger partial charge in [-0.15, -0.1) is 0 Å². The molecule has 30 heavy (non-hydrogen) atoms. The van der Waals surface area contributed by atoms with Gasteiger partial charge in [0.25, 0.3) is 0 Å². The third kappa shape index (κ3) is 8.71. The van der Waals surface area contributed by atoms with Crippen molar-refractivity contribution in [1.29, 1.82) is 0 Å². The molecule has 0 aromatic carbocycles. The molecule has 0 aromatic heterocycles. The van der Waals surface area contributed by atoms with Gasteiger partial charge in [0.1, 0.15) is 0 Å². The van der Waals surface area contributed by atoms with Crippen LogP contribution in [0.25, 0.3) is 0 Å². The minimum absolute atomic E-state index is 0.121. The van der Waals surface area contributed by atoms with Crippen LogP contribution in [0.1, 0.15) is 90.9 Å². The van der Waals surface area contributed by atoms with Crippen molar-refractivity contribution in [2.75, 3.05) is 14.2 Å². The van der Waals surface area contributed by atoms with E-state index >= 15 is 0 Å². The summed E-state index contributed by atoms with van der Waals surface area (Å²) in [5.41, 5.74) is -2.16. The lowest BCUT2D eigenvalue weighted by molar-refractivity contribution is -0.177. The number of carboxylic acid groups (broad SMARTS) is 2. The number of aliphatic carboxylic acids is 2. The smallest absolute Gasteiger partial charge is 0.312 e. The second-order valence-corrected chi connectivity index (χ2v) is 8.26. The molecule has 0 aliphatic carbocycles. The first-order valence-corrected chi connectivity index (χ1v) is 10.7. The van der Waals surface area contributed by atoms with Crippen molar-refractivity contribution < 1.29 is 38.9 Å². The number of ether oxygens (including phenoxy) is 2. The summed E-state index contributed by atoms with van der Waals surface area (Å²) in [6, 6.07) is 0. The lowest BCUT2D eigenvalue weighted by atomic mass is 9.60. The van der Waals surface area contributed by atoms with Crippen molar-refractivity contribution in [3.05, 3.63) is 0 Å². The van der Waals surface area contributed by atoms with E-state index in [0.717, 1.165) is 25.7 Å². The maximum atomic E-state index is 12.7. The molecule has 0 saturated heterocycles. The van der Waals surface area contributed by atoms with Gasteiger partial charge in [0, 0.05) is 12.8 Å². The molecular weight excluding hydrogens is 392 g/mol. The van der Waals surface area contributed by atoms with Crippen LogP contribution >= 0.6 is 0 Å². The topological polar surface area (TPSA) is 127 Å². The van der Waals surface area contributed by atoms with Gasteiger partial charge in [-0.05, 0) is 39.5 Å². The van der Waals surface area contributed by atoms with Crippen LogP contribution in [0.2, 0.25) is 0 Å². The van der Waals surface area contributed by atoms with Gasteiger partial charge in [-0.25, -0.2) is 0 Å². The van der Waals surface area contributed by atoms with E-state index < -0.39 is 34.7 Å². The molecular formula is C22H38O8. The van der Waals surface area contributed by atoms with Crippen LogP contribution in [0.3, 0.4) is 0 Å². The second kappa shape index (κ2) is 14.0. The van der Waals surface area contributed by atoms with E-state index in [2.05, 4.69) is 0 Å². The molecule has 0 rings (SSSR count). The highest BCUT2D eigenvalue weighted by Gasteiger charge is 2.55. The number of rotatable bonds is 17. The Balaban J connectivity index is 5.12. The highest BCUT2D eigenvalue weighted by molar-refractivity contribution is 5.87. The molecule has 174 valence electrons. The van der Waals surface area contributed by atoms with Crippen molar-refractivity contribution in [2.45, 2.75) is 90.9 Å². The van der Waals surface area contributed by atoms with E-state index in [1.807, 2.05) is 0 Å². The molecule has 0 saturated carbocycles. The molecule has 0 aliphatic heterocycles. The van der Waals surface area contributed by atoms with Crippen molar-refractivity contribution in [3.63, 3.8) is 0 Å². The number of unbranched alkanes of at least 4 members (excludes halogenated alkanes) is 6.